The number of aromatic nitrogens is 9. The molecule has 16 heavy (non-hydrogen) atoms. The Morgan fingerprint density at radius 3 is 1.31 bits per heavy atom. The van der Waals surface area contributed by atoms with Crippen LogP contribution in [0.4, 0.5) is 17.5 Å². The lowest BCUT2D eigenvalue weighted by atomic mass is 10.5. The molecule has 0 saturated carbocycles. The van der Waals surface area contributed by atoms with Crippen LogP contribution in [0.15, 0.2) is 18.6 Å². The van der Waals surface area contributed by atoms with Crippen LogP contribution >= 0.6 is 0 Å². The average Bonchev–Trinajstić information content (AvgIpc) is 3.02. The molecule has 0 unspecified atom stereocenters. The van der Waals surface area contributed by atoms with Gasteiger partial charge in [0, 0.05) is 0 Å². The minimum absolute atomic E-state index is 0.628. The van der Waals surface area contributed by atoms with Crippen LogP contribution in [0, 0.1) is 0 Å². The van der Waals surface area contributed by atoms with Crippen molar-refractivity contribution in [2.75, 3.05) is 0 Å². The quantitative estimate of drug-likeness (QED) is 0.412. The van der Waals surface area contributed by atoms with E-state index in [4.69, 9.17) is 0 Å². The molecular formula is C6H7N10+. The highest BCUT2D eigenvalue weighted by atomic mass is 15.5. The number of H-pyrrole nitrogens is 3. The molecule has 0 aliphatic heterocycles. The Morgan fingerprint density at radius 1 is 0.688 bits per heavy atom. The molecule has 3 aromatic rings. The molecule has 3 aromatic heterocycles. The van der Waals surface area contributed by atoms with Crippen LogP contribution in [0.5, 0.6) is 0 Å². The summed E-state index contributed by atoms with van der Waals surface area (Å²) in [6.07, 6.45) is 4.75. The standard InChI is InChI=1S/C6H6N10/c1-4(10-13-7-1)16(5-2-8-14-11-5)6-3-9-15-12-6/h1-3H,(H,7,10,13)(H,8,11,14)(H,9,12,15)/p+1. The Bertz CT molecular complexity index is 440. The van der Waals surface area contributed by atoms with E-state index in [1.54, 1.807) is 18.6 Å². The van der Waals surface area contributed by atoms with Crippen molar-refractivity contribution >= 4 is 17.5 Å². The van der Waals surface area contributed by atoms with Crippen LogP contribution in [0.25, 0.3) is 0 Å². The van der Waals surface area contributed by atoms with Gasteiger partial charge in [-0.05, 0) is 0 Å². The lowest BCUT2D eigenvalue weighted by molar-refractivity contribution is -0.691. The molecule has 0 fully saturated rings. The molecule has 0 aliphatic rings. The number of nitrogens with zero attached hydrogens (tertiary/aromatic N) is 6. The molecule has 3 rings (SSSR count). The first-order valence-corrected chi connectivity index (χ1v) is 4.40. The smallest absolute Gasteiger partial charge is 0.192 e. The van der Waals surface area contributed by atoms with E-state index in [1.807, 2.05) is 0 Å². The lowest BCUT2D eigenvalue weighted by Crippen LogP contribution is -2.97. The van der Waals surface area contributed by atoms with E-state index >= 15 is 0 Å². The van der Waals surface area contributed by atoms with Gasteiger partial charge in [0.1, 0.15) is 18.6 Å². The summed E-state index contributed by atoms with van der Waals surface area (Å²) in [5, 5.41) is 30.8. The van der Waals surface area contributed by atoms with Crippen molar-refractivity contribution in [1.82, 2.24) is 46.2 Å². The number of rotatable bonds is 3. The zero-order chi connectivity index (χ0) is 10.8. The van der Waals surface area contributed by atoms with E-state index in [2.05, 4.69) is 46.2 Å². The molecule has 0 radical (unpaired) electrons. The molecule has 4 N–H and O–H groups in total. The molecule has 0 spiro atoms. The van der Waals surface area contributed by atoms with Gasteiger partial charge in [0.25, 0.3) is 17.5 Å². The summed E-state index contributed by atoms with van der Waals surface area (Å²) in [5.41, 5.74) is 0. The Labute approximate surface area is 88.1 Å². The molecule has 80 valence electrons. The Balaban J connectivity index is 2.09. The van der Waals surface area contributed by atoms with E-state index < -0.39 is 0 Å². The van der Waals surface area contributed by atoms with Crippen molar-refractivity contribution in [3.8, 4) is 0 Å². The second-order valence-electron chi connectivity index (χ2n) is 2.94. The van der Waals surface area contributed by atoms with E-state index in [0.29, 0.717) is 22.4 Å². The van der Waals surface area contributed by atoms with Gasteiger partial charge in [-0.3, -0.25) is 0 Å². The van der Waals surface area contributed by atoms with Crippen molar-refractivity contribution in [2.45, 2.75) is 0 Å². The first kappa shape index (κ1) is 8.67. The maximum Gasteiger partial charge on any atom is 0.277 e. The Kier molecular flexibility index (Phi) is 1.90. The van der Waals surface area contributed by atoms with Gasteiger partial charge in [0.15, 0.2) is 0 Å². The van der Waals surface area contributed by atoms with Crippen LogP contribution in [0.3, 0.4) is 0 Å². The maximum absolute atomic E-state index is 3.99. The predicted molar refractivity (Wildman–Crippen MR) is 49.1 cm³/mol. The molecule has 10 nitrogen and oxygen atoms in total. The van der Waals surface area contributed by atoms with Crippen molar-refractivity contribution in [3.05, 3.63) is 18.6 Å². The maximum atomic E-state index is 3.99. The van der Waals surface area contributed by atoms with Gasteiger partial charge in [0.05, 0.1) is 0 Å². The second-order valence-corrected chi connectivity index (χ2v) is 2.94. The van der Waals surface area contributed by atoms with Gasteiger partial charge in [0.2, 0.25) is 0 Å². The Morgan fingerprint density at radius 2 is 1.06 bits per heavy atom. The molecule has 0 atom stereocenters. The van der Waals surface area contributed by atoms with Crippen LogP contribution in [-0.2, 0) is 0 Å². The zero-order valence-electron chi connectivity index (χ0n) is 7.92. The van der Waals surface area contributed by atoms with Gasteiger partial charge in [-0.1, -0.05) is 15.3 Å². The van der Waals surface area contributed by atoms with E-state index in [-0.39, 0.29) is 0 Å². The summed E-state index contributed by atoms with van der Waals surface area (Å²) in [4.78, 5) is 0.705. The molecule has 0 saturated heterocycles. The van der Waals surface area contributed by atoms with E-state index in [0.717, 1.165) is 0 Å². The van der Waals surface area contributed by atoms with Gasteiger partial charge in [-0.2, -0.15) is 35.8 Å². The number of hydrogen-bond acceptors (Lipinski definition) is 6. The molecule has 0 amide bonds. The minimum atomic E-state index is 0.628. The summed E-state index contributed by atoms with van der Waals surface area (Å²) in [6.45, 7) is 0. The summed E-state index contributed by atoms with van der Waals surface area (Å²) in [6, 6.07) is 0. The van der Waals surface area contributed by atoms with Gasteiger partial charge in [-0.15, -0.1) is 0 Å². The third kappa shape index (κ3) is 1.33. The van der Waals surface area contributed by atoms with Crippen LogP contribution in [0.1, 0.15) is 0 Å². The van der Waals surface area contributed by atoms with Crippen LogP contribution in [0.2, 0.25) is 0 Å². The highest BCUT2D eigenvalue weighted by molar-refractivity contribution is 5.29. The molecule has 0 aliphatic carbocycles. The topological polar surface area (TPSA) is 129 Å². The fourth-order valence-electron chi connectivity index (χ4n) is 1.36. The van der Waals surface area contributed by atoms with Crippen LogP contribution in [-0.4, -0.2) is 46.2 Å². The number of nitrogens with one attached hydrogen (secondary N) is 4. The molecular weight excluding hydrogens is 212 g/mol. The minimum Gasteiger partial charge on any atom is -0.192 e. The van der Waals surface area contributed by atoms with Crippen molar-refractivity contribution in [3.63, 3.8) is 0 Å². The fourth-order valence-corrected chi connectivity index (χ4v) is 1.36. The summed E-state index contributed by atoms with van der Waals surface area (Å²) in [7, 11) is 0. The fraction of sp³-hybridized carbons (Fsp3) is 0. The lowest BCUT2D eigenvalue weighted by Gasteiger charge is -2.05. The van der Waals surface area contributed by atoms with Crippen LogP contribution < -0.4 is 4.90 Å². The Hall–Kier alpha value is -2.62. The van der Waals surface area contributed by atoms with Crippen molar-refractivity contribution < 1.29 is 4.90 Å². The SMILES string of the molecule is c1n[nH]nc1[NH+](c1cn[nH]n1)c1cn[nH]n1. The van der Waals surface area contributed by atoms with Crippen molar-refractivity contribution in [1.29, 1.82) is 0 Å². The van der Waals surface area contributed by atoms with Gasteiger partial charge < -0.3 is 0 Å². The van der Waals surface area contributed by atoms with E-state index in [1.165, 1.54) is 0 Å². The van der Waals surface area contributed by atoms with Gasteiger partial charge >= 0.3 is 0 Å². The number of hydrogen-bond donors (Lipinski definition) is 4. The van der Waals surface area contributed by atoms with Crippen molar-refractivity contribution in [2.24, 2.45) is 0 Å². The largest absolute Gasteiger partial charge is 0.277 e. The molecule has 0 bridgehead atoms. The van der Waals surface area contributed by atoms with E-state index in [9.17, 15) is 0 Å². The normalized spacial score (nSPS) is 11.1. The first-order chi connectivity index (χ1) is 7.95. The average molecular weight is 219 g/mol. The molecule has 3 heterocycles. The monoisotopic (exact) mass is 219 g/mol. The molecule has 0 aromatic carbocycles. The summed E-state index contributed by atoms with van der Waals surface area (Å²) >= 11 is 0. The summed E-state index contributed by atoms with van der Waals surface area (Å²) < 4.78 is 0. The predicted octanol–water partition coefficient (Wildman–Crippen LogP) is -1.78. The summed E-state index contributed by atoms with van der Waals surface area (Å²) in [5.74, 6) is 1.88. The molecule has 10 heteroatoms. The number of quaternary nitrogens is 1. The third-order valence-corrected chi connectivity index (χ3v) is 2.01. The van der Waals surface area contributed by atoms with Gasteiger partial charge in [-0.25, -0.2) is 0 Å². The second kappa shape index (κ2) is 3.51. The first-order valence-electron chi connectivity index (χ1n) is 4.40. The zero-order valence-corrected chi connectivity index (χ0v) is 7.92. The highest BCUT2D eigenvalue weighted by Gasteiger charge is 2.26. The third-order valence-electron chi connectivity index (χ3n) is 2.01. The number of aromatic amines is 3. The highest BCUT2D eigenvalue weighted by Crippen LogP contribution is 2.04.